The number of carbonyl (C=O) groups is 1. The third kappa shape index (κ3) is 35.0. The molecule has 40 heavy (non-hydrogen) atoms. The van der Waals surface area contributed by atoms with Gasteiger partial charge >= 0.3 is 5.97 Å². The second-order valence-corrected chi connectivity index (χ2v) is 12.2. The van der Waals surface area contributed by atoms with Gasteiger partial charge in [-0.05, 0) is 44.9 Å². The predicted molar refractivity (Wildman–Crippen MR) is 179 cm³/mol. The molecule has 0 radical (unpaired) electrons. The van der Waals surface area contributed by atoms with Gasteiger partial charge in [-0.15, -0.1) is 0 Å². The summed E-state index contributed by atoms with van der Waals surface area (Å²) in [6.45, 7) is 5.17. The van der Waals surface area contributed by atoms with E-state index >= 15 is 0 Å². The molecule has 0 aliphatic rings. The van der Waals surface area contributed by atoms with Gasteiger partial charge in [0.1, 0.15) is 0 Å². The number of unbranched alkanes of at least 4 members (excludes halogenated alkanes) is 25. The zero-order valence-corrected chi connectivity index (χ0v) is 27.5. The zero-order valence-electron chi connectivity index (χ0n) is 27.5. The summed E-state index contributed by atoms with van der Waals surface area (Å²) >= 11 is 0. The highest BCUT2D eigenvalue weighted by molar-refractivity contribution is 5.69. The van der Waals surface area contributed by atoms with E-state index in [2.05, 4.69) is 38.2 Å². The van der Waals surface area contributed by atoms with Crippen molar-refractivity contribution in [3.05, 3.63) is 24.3 Å². The average Bonchev–Trinajstić information content (AvgIpc) is 2.96. The Morgan fingerprint density at radius 3 is 1.25 bits per heavy atom. The van der Waals surface area contributed by atoms with Gasteiger partial charge in [0.05, 0.1) is 6.61 Å². The molecule has 0 spiro atoms. The Hall–Kier alpha value is -1.05. The minimum absolute atomic E-state index is 0.0117. The summed E-state index contributed by atoms with van der Waals surface area (Å²) in [5.74, 6) is 0.0117. The maximum absolute atomic E-state index is 11.9. The summed E-state index contributed by atoms with van der Waals surface area (Å²) < 4.78 is 5.44. The summed E-state index contributed by atoms with van der Waals surface area (Å²) in [7, 11) is 0. The van der Waals surface area contributed by atoms with E-state index in [0.717, 1.165) is 25.7 Å². The van der Waals surface area contributed by atoms with Crippen LogP contribution in [0.5, 0.6) is 0 Å². The third-order valence-corrected chi connectivity index (χ3v) is 8.09. The monoisotopic (exact) mass is 561 g/mol. The van der Waals surface area contributed by atoms with Gasteiger partial charge in [-0.1, -0.05) is 179 Å². The van der Waals surface area contributed by atoms with Crippen LogP contribution in [0.3, 0.4) is 0 Å². The Kier molecular flexibility index (Phi) is 35.0. The van der Waals surface area contributed by atoms with Crippen molar-refractivity contribution >= 4 is 5.97 Å². The van der Waals surface area contributed by atoms with E-state index in [9.17, 15) is 4.79 Å². The highest BCUT2D eigenvalue weighted by Crippen LogP contribution is 2.14. The van der Waals surface area contributed by atoms with Crippen LogP contribution in [-0.2, 0) is 9.53 Å². The van der Waals surface area contributed by atoms with Gasteiger partial charge < -0.3 is 4.74 Å². The second-order valence-electron chi connectivity index (χ2n) is 12.2. The molecule has 2 nitrogen and oxygen atoms in total. The van der Waals surface area contributed by atoms with Gasteiger partial charge in [0.2, 0.25) is 0 Å². The van der Waals surface area contributed by atoms with Crippen LogP contribution in [0.15, 0.2) is 24.3 Å². The number of hydrogen-bond acceptors (Lipinski definition) is 2. The lowest BCUT2D eigenvalue weighted by Gasteiger charge is -2.05. The SMILES string of the molecule is CCCCC/C=C\C/C=C\CCCCCCCC(=O)OCCCCCCCCCCCCCCCCCCCC. The van der Waals surface area contributed by atoms with Gasteiger partial charge in [0.25, 0.3) is 0 Å². The van der Waals surface area contributed by atoms with Crippen LogP contribution in [0, 0.1) is 0 Å². The average molecular weight is 561 g/mol. The number of rotatable bonds is 33. The Morgan fingerprint density at radius 1 is 0.425 bits per heavy atom. The number of carbonyl (C=O) groups excluding carboxylic acids is 1. The first-order valence-corrected chi connectivity index (χ1v) is 18.3. The topological polar surface area (TPSA) is 26.3 Å². The smallest absolute Gasteiger partial charge is 0.305 e. The van der Waals surface area contributed by atoms with E-state index < -0.39 is 0 Å². The maximum atomic E-state index is 11.9. The van der Waals surface area contributed by atoms with E-state index in [0.29, 0.717) is 13.0 Å². The van der Waals surface area contributed by atoms with Crippen molar-refractivity contribution in [1.82, 2.24) is 0 Å². The predicted octanol–water partition coefficient (Wildman–Crippen LogP) is 13.4. The van der Waals surface area contributed by atoms with Gasteiger partial charge in [-0.3, -0.25) is 4.79 Å². The lowest BCUT2D eigenvalue weighted by atomic mass is 10.0. The molecule has 0 atom stereocenters. The molecule has 0 aliphatic heterocycles. The molecule has 0 saturated carbocycles. The molecule has 236 valence electrons. The fourth-order valence-corrected chi connectivity index (χ4v) is 5.34. The van der Waals surface area contributed by atoms with E-state index in [1.807, 2.05) is 0 Å². The lowest BCUT2D eigenvalue weighted by molar-refractivity contribution is -0.143. The van der Waals surface area contributed by atoms with Crippen LogP contribution < -0.4 is 0 Å². The standard InChI is InChI=1S/C38H72O2/c1-3-5-7-9-11-13-15-17-19-20-21-23-25-27-29-31-33-35-37-40-38(39)36-34-32-30-28-26-24-22-18-16-14-12-10-8-6-4-2/h12,14,18,22H,3-11,13,15-17,19-21,23-37H2,1-2H3/b14-12-,22-18-. The van der Waals surface area contributed by atoms with E-state index in [1.54, 1.807) is 0 Å². The second kappa shape index (κ2) is 36.0. The van der Waals surface area contributed by atoms with E-state index in [1.165, 1.54) is 161 Å². The van der Waals surface area contributed by atoms with Crippen molar-refractivity contribution in [3.8, 4) is 0 Å². The van der Waals surface area contributed by atoms with Crippen molar-refractivity contribution in [3.63, 3.8) is 0 Å². The molecule has 0 N–H and O–H groups in total. The van der Waals surface area contributed by atoms with E-state index in [-0.39, 0.29) is 5.97 Å². The Labute approximate surface area is 252 Å². The fourth-order valence-electron chi connectivity index (χ4n) is 5.34. The Balaban J connectivity index is 3.21. The molecule has 0 aromatic carbocycles. The summed E-state index contributed by atoms with van der Waals surface area (Å²) in [6.07, 6.45) is 48.1. The molecule has 0 aromatic rings. The summed E-state index contributed by atoms with van der Waals surface area (Å²) in [5, 5.41) is 0. The van der Waals surface area contributed by atoms with Crippen molar-refractivity contribution in [1.29, 1.82) is 0 Å². The van der Waals surface area contributed by atoms with Gasteiger partial charge in [-0.25, -0.2) is 0 Å². The van der Waals surface area contributed by atoms with Gasteiger partial charge in [0, 0.05) is 6.42 Å². The zero-order chi connectivity index (χ0) is 29.0. The van der Waals surface area contributed by atoms with Crippen molar-refractivity contribution in [2.45, 2.75) is 206 Å². The van der Waals surface area contributed by atoms with Crippen LogP contribution in [0.25, 0.3) is 0 Å². The molecule has 0 saturated heterocycles. The van der Waals surface area contributed by atoms with Crippen molar-refractivity contribution in [2.24, 2.45) is 0 Å². The molecule has 0 fully saturated rings. The third-order valence-electron chi connectivity index (χ3n) is 8.09. The highest BCUT2D eigenvalue weighted by atomic mass is 16.5. The Bertz CT molecular complexity index is 536. The van der Waals surface area contributed by atoms with Crippen LogP contribution in [0.4, 0.5) is 0 Å². The molecular formula is C38H72O2. The molecule has 0 bridgehead atoms. The Morgan fingerprint density at radius 2 is 0.775 bits per heavy atom. The first kappa shape index (κ1) is 39.0. The number of hydrogen-bond donors (Lipinski definition) is 0. The van der Waals surface area contributed by atoms with Crippen molar-refractivity contribution in [2.75, 3.05) is 6.61 Å². The van der Waals surface area contributed by atoms with Crippen LogP contribution in [0.2, 0.25) is 0 Å². The van der Waals surface area contributed by atoms with Crippen LogP contribution in [-0.4, -0.2) is 12.6 Å². The van der Waals surface area contributed by atoms with Gasteiger partial charge in [0.15, 0.2) is 0 Å². The lowest BCUT2D eigenvalue weighted by Crippen LogP contribution is -2.05. The summed E-state index contributed by atoms with van der Waals surface area (Å²) in [4.78, 5) is 11.9. The highest BCUT2D eigenvalue weighted by Gasteiger charge is 2.02. The molecule has 0 heterocycles. The molecule has 0 amide bonds. The first-order valence-electron chi connectivity index (χ1n) is 18.3. The molecule has 0 aliphatic carbocycles. The summed E-state index contributed by atoms with van der Waals surface area (Å²) in [5.41, 5.74) is 0. The van der Waals surface area contributed by atoms with Crippen LogP contribution >= 0.6 is 0 Å². The largest absolute Gasteiger partial charge is 0.466 e. The molecule has 2 heteroatoms. The summed E-state index contributed by atoms with van der Waals surface area (Å²) in [6, 6.07) is 0. The van der Waals surface area contributed by atoms with Crippen LogP contribution in [0.1, 0.15) is 206 Å². The van der Waals surface area contributed by atoms with Crippen molar-refractivity contribution < 1.29 is 9.53 Å². The van der Waals surface area contributed by atoms with E-state index in [4.69, 9.17) is 4.74 Å². The first-order chi connectivity index (χ1) is 19.8. The maximum Gasteiger partial charge on any atom is 0.305 e. The normalized spacial score (nSPS) is 11.8. The molecular weight excluding hydrogens is 488 g/mol. The molecule has 0 unspecified atom stereocenters. The quantitative estimate of drug-likeness (QED) is 0.0453. The fraction of sp³-hybridized carbons (Fsp3) is 0.868. The van der Waals surface area contributed by atoms with Gasteiger partial charge in [-0.2, -0.15) is 0 Å². The minimum atomic E-state index is 0.0117. The molecule has 0 aromatic heterocycles. The molecule has 0 rings (SSSR count). The minimum Gasteiger partial charge on any atom is -0.466 e. The number of allylic oxidation sites excluding steroid dienone is 4. The number of ether oxygens (including phenoxy) is 1. The number of esters is 1.